The molecule has 2 N–H and O–H groups in total. The highest BCUT2D eigenvalue weighted by atomic mass is 16.6. The summed E-state index contributed by atoms with van der Waals surface area (Å²) in [5.74, 6) is 0. The van der Waals surface area contributed by atoms with E-state index < -0.39 is 11.7 Å². The second kappa shape index (κ2) is 7.11. The van der Waals surface area contributed by atoms with Gasteiger partial charge in [0.25, 0.3) is 0 Å². The van der Waals surface area contributed by atoms with Crippen LogP contribution in [0.3, 0.4) is 0 Å². The molecule has 1 fully saturated rings. The predicted octanol–water partition coefficient (Wildman–Crippen LogP) is 3.30. The van der Waals surface area contributed by atoms with Crippen LogP contribution in [0.25, 0.3) is 0 Å². The summed E-state index contributed by atoms with van der Waals surface area (Å²) in [6.45, 7) is 9.25. The van der Waals surface area contributed by atoms with E-state index in [0.29, 0.717) is 6.04 Å². The summed E-state index contributed by atoms with van der Waals surface area (Å²) in [5, 5.41) is 6.23. The van der Waals surface area contributed by atoms with Gasteiger partial charge in [0.2, 0.25) is 0 Å². The highest BCUT2D eigenvalue weighted by Gasteiger charge is 2.23. The number of carbonyl (C=O) groups excluding carboxylic acids is 1. The van der Waals surface area contributed by atoms with Crippen LogP contribution in [0.1, 0.15) is 39.7 Å². The van der Waals surface area contributed by atoms with Crippen molar-refractivity contribution in [2.45, 2.75) is 58.4 Å². The minimum atomic E-state index is -0.492. The number of hydrogen-bond acceptors (Lipinski definition) is 4. The van der Waals surface area contributed by atoms with Crippen LogP contribution in [0.15, 0.2) is 24.3 Å². The largest absolute Gasteiger partial charge is 0.444 e. The number of hydrogen-bond donors (Lipinski definition) is 2. The van der Waals surface area contributed by atoms with E-state index in [9.17, 15) is 4.79 Å². The molecule has 1 amide bonds. The summed E-state index contributed by atoms with van der Waals surface area (Å²) < 4.78 is 10.8. The van der Waals surface area contributed by atoms with Crippen LogP contribution in [0.2, 0.25) is 0 Å². The Morgan fingerprint density at radius 3 is 2.55 bits per heavy atom. The van der Waals surface area contributed by atoms with Crippen molar-refractivity contribution in [1.82, 2.24) is 5.32 Å². The molecule has 1 saturated heterocycles. The fraction of sp³-hybridized carbons (Fsp3) is 0.588. The second-order valence-electron chi connectivity index (χ2n) is 6.68. The molecule has 1 aromatic carbocycles. The van der Waals surface area contributed by atoms with Gasteiger partial charge in [-0.1, -0.05) is 12.1 Å². The number of nitrogens with one attached hydrogen (secondary N) is 2. The topological polar surface area (TPSA) is 59.6 Å². The third-order valence-electron chi connectivity index (χ3n) is 3.54. The number of rotatable bonds is 4. The van der Waals surface area contributed by atoms with Gasteiger partial charge >= 0.3 is 6.09 Å². The van der Waals surface area contributed by atoms with Gasteiger partial charge in [0, 0.05) is 24.9 Å². The first kappa shape index (κ1) is 16.8. The van der Waals surface area contributed by atoms with Crippen molar-refractivity contribution in [3.63, 3.8) is 0 Å². The molecule has 0 saturated carbocycles. The molecule has 0 bridgehead atoms. The highest BCUT2D eigenvalue weighted by molar-refractivity contribution is 5.84. The molecule has 1 aromatic rings. The van der Waals surface area contributed by atoms with Gasteiger partial charge in [0.1, 0.15) is 5.60 Å². The van der Waals surface area contributed by atoms with E-state index in [4.69, 9.17) is 9.47 Å². The molecule has 5 nitrogen and oxygen atoms in total. The quantitative estimate of drug-likeness (QED) is 0.896. The molecule has 1 aliphatic rings. The van der Waals surface area contributed by atoms with Gasteiger partial charge < -0.3 is 14.8 Å². The Balaban J connectivity index is 1.81. The number of benzene rings is 1. The fourth-order valence-electron chi connectivity index (χ4n) is 2.38. The van der Waals surface area contributed by atoms with E-state index in [-0.39, 0.29) is 6.10 Å². The van der Waals surface area contributed by atoms with Crippen molar-refractivity contribution >= 4 is 11.8 Å². The van der Waals surface area contributed by atoms with Crippen molar-refractivity contribution in [3.8, 4) is 0 Å². The maximum atomic E-state index is 11.7. The molecule has 1 heterocycles. The molecule has 1 aliphatic heterocycles. The van der Waals surface area contributed by atoms with Crippen molar-refractivity contribution in [1.29, 1.82) is 0 Å². The van der Waals surface area contributed by atoms with Crippen molar-refractivity contribution in [3.05, 3.63) is 29.8 Å². The average Bonchev–Trinajstić information content (AvgIpc) is 2.81. The Labute approximate surface area is 132 Å². The first-order chi connectivity index (χ1) is 10.3. The summed E-state index contributed by atoms with van der Waals surface area (Å²) in [7, 11) is 0. The van der Waals surface area contributed by atoms with Gasteiger partial charge in [-0.3, -0.25) is 5.32 Å². The minimum absolute atomic E-state index is 0.271. The van der Waals surface area contributed by atoms with E-state index in [1.807, 2.05) is 45.0 Å². The first-order valence-electron chi connectivity index (χ1n) is 7.77. The Morgan fingerprint density at radius 2 is 2.00 bits per heavy atom. The lowest BCUT2D eigenvalue weighted by molar-refractivity contribution is 0.0636. The summed E-state index contributed by atoms with van der Waals surface area (Å²) in [4.78, 5) is 11.7. The maximum Gasteiger partial charge on any atom is 0.412 e. The fourth-order valence-corrected chi connectivity index (χ4v) is 2.38. The van der Waals surface area contributed by atoms with Gasteiger partial charge in [-0.25, -0.2) is 4.79 Å². The van der Waals surface area contributed by atoms with Gasteiger partial charge in [-0.2, -0.15) is 0 Å². The Hall–Kier alpha value is -1.59. The summed E-state index contributed by atoms with van der Waals surface area (Å²) in [5.41, 5.74) is 1.41. The summed E-state index contributed by atoms with van der Waals surface area (Å²) >= 11 is 0. The zero-order valence-electron chi connectivity index (χ0n) is 13.8. The van der Waals surface area contributed by atoms with Gasteiger partial charge in [-0.15, -0.1) is 0 Å². The Kier molecular flexibility index (Phi) is 5.42. The van der Waals surface area contributed by atoms with Crippen LogP contribution in [0.4, 0.5) is 10.5 Å². The van der Waals surface area contributed by atoms with Crippen molar-refractivity contribution in [2.24, 2.45) is 0 Å². The lowest BCUT2D eigenvalue weighted by Gasteiger charge is -2.19. The smallest absolute Gasteiger partial charge is 0.412 e. The number of carbonyl (C=O) groups is 1. The molecule has 0 radical (unpaired) electrons. The third-order valence-corrected chi connectivity index (χ3v) is 3.54. The zero-order valence-corrected chi connectivity index (χ0v) is 13.8. The summed E-state index contributed by atoms with van der Waals surface area (Å²) in [6.07, 6.45) is 0.892. The highest BCUT2D eigenvalue weighted by Crippen LogP contribution is 2.15. The van der Waals surface area contributed by atoms with Crippen LogP contribution in [-0.2, 0) is 16.0 Å². The van der Waals surface area contributed by atoms with Crippen molar-refractivity contribution in [2.75, 3.05) is 11.9 Å². The molecule has 122 valence electrons. The molecule has 2 atom stereocenters. The maximum absolute atomic E-state index is 11.7. The number of anilines is 1. The molecule has 2 unspecified atom stereocenters. The van der Waals surface area contributed by atoms with Gasteiger partial charge in [-0.05, 0) is 51.8 Å². The molecule has 2 rings (SSSR count). The van der Waals surface area contributed by atoms with E-state index in [1.54, 1.807) is 0 Å². The molecule has 0 aromatic heterocycles. The first-order valence-corrected chi connectivity index (χ1v) is 7.77. The van der Waals surface area contributed by atoms with E-state index in [2.05, 4.69) is 17.6 Å². The average molecular weight is 306 g/mol. The van der Waals surface area contributed by atoms with Crippen molar-refractivity contribution < 1.29 is 14.3 Å². The second-order valence-corrected chi connectivity index (χ2v) is 6.68. The lowest BCUT2D eigenvalue weighted by Crippen LogP contribution is -2.34. The van der Waals surface area contributed by atoms with Crippen LogP contribution < -0.4 is 10.6 Å². The normalized spacial score (nSPS) is 21.6. The molecule has 0 aliphatic carbocycles. The zero-order chi connectivity index (χ0) is 16.2. The minimum Gasteiger partial charge on any atom is -0.444 e. The number of amides is 1. The SMILES string of the molecule is CC1OCCC1NCc1ccc(NC(=O)OC(C)(C)C)cc1. The Bertz CT molecular complexity index is 494. The molecule has 5 heteroatoms. The van der Waals surface area contributed by atoms with Crippen LogP contribution in [-0.4, -0.2) is 30.4 Å². The summed E-state index contributed by atoms with van der Waals surface area (Å²) in [6, 6.07) is 8.19. The molecule has 22 heavy (non-hydrogen) atoms. The van der Waals surface area contributed by atoms with Crippen LogP contribution in [0, 0.1) is 0 Å². The monoisotopic (exact) mass is 306 g/mol. The van der Waals surface area contributed by atoms with Gasteiger partial charge in [0.15, 0.2) is 0 Å². The number of ether oxygens (including phenoxy) is 2. The lowest BCUT2D eigenvalue weighted by atomic mass is 10.1. The van der Waals surface area contributed by atoms with Crippen LogP contribution >= 0.6 is 0 Å². The molecular weight excluding hydrogens is 280 g/mol. The Morgan fingerprint density at radius 1 is 1.32 bits per heavy atom. The van der Waals surface area contributed by atoms with E-state index >= 15 is 0 Å². The standard InChI is InChI=1S/C17H26N2O3/c1-12-15(9-10-21-12)18-11-13-5-7-14(8-6-13)19-16(20)22-17(2,3)4/h5-8,12,15,18H,9-11H2,1-4H3,(H,19,20). The van der Waals surface area contributed by atoms with Gasteiger partial charge in [0.05, 0.1) is 6.10 Å². The predicted molar refractivity (Wildman–Crippen MR) is 87.0 cm³/mol. The molecular formula is C17H26N2O3. The molecule has 0 spiro atoms. The van der Waals surface area contributed by atoms with E-state index in [1.165, 1.54) is 5.56 Å². The van der Waals surface area contributed by atoms with Crippen LogP contribution in [0.5, 0.6) is 0 Å². The van der Waals surface area contributed by atoms with E-state index in [0.717, 1.165) is 25.3 Å². The third kappa shape index (κ3) is 5.31.